The third-order valence-electron chi connectivity index (χ3n) is 5.97. The van der Waals surface area contributed by atoms with Crippen LogP contribution in [0.25, 0.3) is 0 Å². The Morgan fingerprint density at radius 2 is 1.77 bits per heavy atom. The zero-order valence-corrected chi connectivity index (χ0v) is 17.9. The van der Waals surface area contributed by atoms with Gasteiger partial charge in [-0.2, -0.15) is 0 Å². The molecule has 0 radical (unpaired) electrons. The van der Waals surface area contributed by atoms with Crippen molar-refractivity contribution in [2.45, 2.75) is 70.8 Å². The van der Waals surface area contributed by atoms with E-state index in [0.717, 1.165) is 19.3 Å². The van der Waals surface area contributed by atoms with Crippen LogP contribution >= 0.6 is 0 Å². The molecule has 0 bridgehead atoms. The van der Waals surface area contributed by atoms with Crippen molar-refractivity contribution in [3.05, 3.63) is 30.1 Å². The van der Waals surface area contributed by atoms with E-state index in [2.05, 4.69) is 5.32 Å². The summed E-state index contributed by atoms with van der Waals surface area (Å²) in [5.41, 5.74) is -0.771. The molecule has 1 saturated carbocycles. The third-order valence-corrected chi connectivity index (χ3v) is 5.97. The maximum atomic E-state index is 13.2. The number of carbonyl (C=O) groups excluding carboxylic acids is 1. The van der Waals surface area contributed by atoms with Crippen molar-refractivity contribution in [2.24, 2.45) is 11.3 Å². The second-order valence-electron chi connectivity index (χ2n) is 8.37. The van der Waals surface area contributed by atoms with Gasteiger partial charge in [-0.1, -0.05) is 26.2 Å². The topological polar surface area (TPSA) is 113 Å². The van der Waals surface area contributed by atoms with E-state index in [9.17, 15) is 29.0 Å². The summed E-state index contributed by atoms with van der Waals surface area (Å²) >= 11 is 0. The zero-order valence-electron chi connectivity index (χ0n) is 17.9. The number of carbonyl (C=O) groups is 3. The van der Waals surface area contributed by atoms with Crippen LogP contribution < -0.4 is 10.1 Å². The molecule has 1 aromatic carbocycles. The highest BCUT2D eigenvalue weighted by molar-refractivity contribution is 5.84. The molecule has 0 heterocycles. The minimum Gasteiger partial charge on any atom is -0.494 e. The first-order valence-corrected chi connectivity index (χ1v) is 10.9. The van der Waals surface area contributed by atoms with Gasteiger partial charge in [0.2, 0.25) is 5.91 Å². The number of halogens is 1. The van der Waals surface area contributed by atoms with Crippen LogP contribution in [0.2, 0.25) is 0 Å². The first-order chi connectivity index (χ1) is 14.8. The minimum atomic E-state index is -1.04. The van der Waals surface area contributed by atoms with Gasteiger partial charge in [0.1, 0.15) is 11.6 Å². The summed E-state index contributed by atoms with van der Waals surface area (Å²) in [5.74, 6) is -2.71. The molecule has 0 aromatic heterocycles. The van der Waals surface area contributed by atoms with Crippen LogP contribution in [0.5, 0.6) is 5.75 Å². The van der Waals surface area contributed by atoms with Crippen LogP contribution in [0.4, 0.5) is 4.39 Å². The fourth-order valence-electron chi connectivity index (χ4n) is 4.33. The Balaban J connectivity index is 2.02. The molecule has 172 valence electrons. The third kappa shape index (κ3) is 7.52. The van der Waals surface area contributed by atoms with Crippen LogP contribution in [0, 0.1) is 17.2 Å². The predicted molar refractivity (Wildman–Crippen MR) is 112 cm³/mol. The number of benzene rings is 1. The van der Waals surface area contributed by atoms with Crippen molar-refractivity contribution in [1.82, 2.24) is 5.32 Å². The van der Waals surface area contributed by atoms with Crippen LogP contribution in [0.1, 0.15) is 64.7 Å². The Bertz CT molecular complexity index is 745. The Morgan fingerprint density at radius 1 is 1.13 bits per heavy atom. The molecule has 2 atom stereocenters. The molecule has 1 amide bonds. The molecule has 1 aliphatic carbocycles. The molecule has 2 rings (SSSR count). The van der Waals surface area contributed by atoms with E-state index in [0.29, 0.717) is 25.0 Å². The lowest BCUT2D eigenvalue weighted by Gasteiger charge is -2.32. The van der Waals surface area contributed by atoms with Gasteiger partial charge in [-0.05, 0) is 49.9 Å². The van der Waals surface area contributed by atoms with Crippen molar-refractivity contribution in [3.63, 3.8) is 0 Å². The van der Waals surface area contributed by atoms with Gasteiger partial charge in [0.15, 0.2) is 0 Å². The minimum absolute atomic E-state index is 0.157. The largest absolute Gasteiger partial charge is 0.494 e. The van der Waals surface area contributed by atoms with E-state index in [4.69, 9.17) is 4.74 Å². The molecule has 7 nitrogen and oxygen atoms in total. The number of amides is 1. The van der Waals surface area contributed by atoms with Crippen molar-refractivity contribution >= 4 is 17.8 Å². The number of carboxylic acid groups (broad SMARTS) is 2. The van der Waals surface area contributed by atoms with E-state index in [1.165, 1.54) is 24.3 Å². The van der Waals surface area contributed by atoms with E-state index in [1.807, 2.05) is 6.92 Å². The summed E-state index contributed by atoms with van der Waals surface area (Å²) in [6.45, 7) is 2.08. The van der Waals surface area contributed by atoms with Gasteiger partial charge < -0.3 is 20.3 Å². The number of hydrogen-bond donors (Lipinski definition) is 3. The van der Waals surface area contributed by atoms with Gasteiger partial charge in [-0.15, -0.1) is 0 Å². The Labute approximate surface area is 182 Å². The van der Waals surface area contributed by atoms with Gasteiger partial charge >= 0.3 is 11.9 Å². The van der Waals surface area contributed by atoms with E-state index in [-0.39, 0.29) is 37.6 Å². The predicted octanol–water partition coefficient (Wildman–Crippen LogP) is 4.01. The summed E-state index contributed by atoms with van der Waals surface area (Å²) in [4.78, 5) is 36.2. The van der Waals surface area contributed by atoms with Crippen molar-refractivity contribution in [1.29, 1.82) is 0 Å². The highest BCUT2D eigenvalue weighted by atomic mass is 19.1. The van der Waals surface area contributed by atoms with Crippen molar-refractivity contribution in [2.75, 3.05) is 6.61 Å². The first kappa shape index (κ1) is 24.6. The second kappa shape index (κ2) is 11.7. The van der Waals surface area contributed by atoms with Gasteiger partial charge in [-0.3, -0.25) is 14.4 Å². The summed E-state index contributed by atoms with van der Waals surface area (Å²) < 4.78 is 18.5. The molecule has 8 heteroatoms. The number of nitrogens with one attached hydrogen (secondary N) is 1. The van der Waals surface area contributed by atoms with Crippen molar-refractivity contribution < 1.29 is 33.7 Å². The second-order valence-corrected chi connectivity index (χ2v) is 8.37. The summed E-state index contributed by atoms with van der Waals surface area (Å²) in [6.07, 6.45) is 4.43. The number of carboxylic acids is 2. The van der Waals surface area contributed by atoms with Crippen molar-refractivity contribution in [3.8, 4) is 5.75 Å². The van der Waals surface area contributed by atoms with E-state index in [1.54, 1.807) is 0 Å². The SMILES string of the molecule is CCC[C@H](CC1(C(=O)N[C@@H](CCOc2ccc(F)cc2)CC(=O)O)CCCC1)C(=O)O. The summed E-state index contributed by atoms with van der Waals surface area (Å²) in [6, 6.07) is 4.86. The quantitative estimate of drug-likeness (QED) is 0.430. The van der Waals surface area contributed by atoms with Gasteiger partial charge in [-0.25, -0.2) is 4.39 Å². The van der Waals surface area contributed by atoms with Crippen LogP contribution in [0.15, 0.2) is 24.3 Å². The summed E-state index contributed by atoms with van der Waals surface area (Å²) in [5, 5.41) is 21.7. The number of rotatable bonds is 13. The molecule has 0 unspecified atom stereocenters. The normalized spacial score (nSPS) is 17.0. The smallest absolute Gasteiger partial charge is 0.306 e. The zero-order chi connectivity index (χ0) is 22.9. The maximum Gasteiger partial charge on any atom is 0.306 e. The average molecular weight is 438 g/mol. The molecular formula is C23H32FNO6. The molecule has 1 aromatic rings. The lowest BCUT2D eigenvalue weighted by atomic mass is 9.75. The monoisotopic (exact) mass is 437 g/mol. The fraction of sp³-hybridized carbons (Fsp3) is 0.609. The van der Waals surface area contributed by atoms with E-state index >= 15 is 0 Å². The highest BCUT2D eigenvalue weighted by Crippen LogP contribution is 2.44. The fourth-order valence-corrected chi connectivity index (χ4v) is 4.33. The maximum absolute atomic E-state index is 13.2. The number of aliphatic carboxylic acids is 2. The molecule has 0 saturated heterocycles. The van der Waals surface area contributed by atoms with Gasteiger partial charge in [0, 0.05) is 12.5 Å². The standard InChI is InChI=1S/C23H32FNO6/c1-2-5-16(21(28)29)15-23(11-3-4-12-23)22(30)25-18(14-20(26)27)10-13-31-19-8-6-17(24)7-9-19/h6-9,16,18H,2-5,10-15H2,1H3,(H,25,30)(H,26,27)(H,28,29)/t16-,18+/m1/s1. The number of hydrogen-bond acceptors (Lipinski definition) is 4. The van der Waals surface area contributed by atoms with Crippen LogP contribution in [-0.4, -0.2) is 40.7 Å². The lowest BCUT2D eigenvalue weighted by molar-refractivity contribution is -0.144. The van der Waals surface area contributed by atoms with Crippen LogP contribution in [-0.2, 0) is 14.4 Å². The number of ether oxygens (including phenoxy) is 1. The molecular weight excluding hydrogens is 405 g/mol. The van der Waals surface area contributed by atoms with Gasteiger partial charge in [0.05, 0.1) is 24.4 Å². The Kier molecular flexibility index (Phi) is 9.27. The molecule has 0 spiro atoms. The molecule has 1 aliphatic rings. The van der Waals surface area contributed by atoms with Gasteiger partial charge in [0.25, 0.3) is 0 Å². The first-order valence-electron chi connectivity index (χ1n) is 10.9. The lowest BCUT2D eigenvalue weighted by Crippen LogP contribution is -2.47. The van der Waals surface area contributed by atoms with Crippen LogP contribution in [0.3, 0.4) is 0 Å². The molecule has 31 heavy (non-hydrogen) atoms. The Morgan fingerprint density at radius 3 is 2.32 bits per heavy atom. The molecule has 3 N–H and O–H groups in total. The Hall–Kier alpha value is -2.64. The highest BCUT2D eigenvalue weighted by Gasteiger charge is 2.44. The molecule has 1 fully saturated rings. The van der Waals surface area contributed by atoms with E-state index < -0.39 is 29.3 Å². The average Bonchev–Trinajstić information content (AvgIpc) is 3.18. The summed E-state index contributed by atoms with van der Waals surface area (Å²) in [7, 11) is 0. The molecule has 0 aliphatic heterocycles.